The number of likely N-dealkylation sites (N-methyl/N-ethyl adjacent to an activating group) is 1. The molecule has 0 aromatic rings. The van der Waals surface area contributed by atoms with Crippen LogP contribution in [0.15, 0.2) is 0 Å². The van der Waals surface area contributed by atoms with E-state index in [-0.39, 0.29) is 11.3 Å². The van der Waals surface area contributed by atoms with E-state index in [9.17, 15) is 4.79 Å². The van der Waals surface area contributed by atoms with Crippen LogP contribution in [0.5, 0.6) is 0 Å². The van der Waals surface area contributed by atoms with E-state index in [0.29, 0.717) is 6.04 Å². The molecule has 2 aliphatic heterocycles. The highest BCUT2D eigenvalue weighted by molar-refractivity contribution is 5.82. The normalized spacial score (nSPS) is 34.1. The average molecular weight is 239 g/mol. The van der Waals surface area contributed by atoms with Gasteiger partial charge in [-0.05, 0) is 45.8 Å². The van der Waals surface area contributed by atoms with Crippen molar-refractivity contribution in [2.24, 2.45) is 5.41 Å². The smallest absolute Gasteiger partial charge is 0.227 e. The molecule has 2 N–H and O–H groups in total. The molecule has 2 aliphatic rings. The Balaban J connectivity index is 1.79. The van der Waals surface area contributed by atoms with Gasteiger partial charge in [-0.2, -0.15) is 0 Å². The van der Waals surface area contributed by atoms with E-state index in [4.69, 9.17) is 0 Å². The molecule has 2 rings (SSSR count). The molecule has 0 aromatic heterocycles. The lowest BCUT2D eigenvalue weighted by atomic mass is 9.89. The molecule has 0 aromatic carbocycles. The van der Waals surface area contributed by atoms with Crippen molar-refractivity contribution in [1.82, 2.24) is 15.5 Å². The predicted molar refractivity (Wildman–Crippen MR) is 68.9 cm³/mol. The monoisotopic (exact) mass is 239 g/mol. The van der Waals surface area contributed by atoms with Crippen LogP contribution in [-0.2, 0) is 4.79 Å². The zero-order valence-corrected chi connectivity index (χ0v) is 11.1. The Labute approximate surface area is 104 Å². The van der Waals surface area contributed by atoms with Crippen molar-refractivity contribution in [2.45, 2.75) is 39.2 Å². The molecular formula is C13H25N3O. The first-order chi connectivity index (χ1) is 8.15. The molecule has 4 nitrogen and oxygen atoms in total. The van der Waals surface area contributed by atoms with Crippen molar-refractivity contribution < 1.29 is 4.79 Å². The van der Waals surface area contributed by atoms with Gasteiger partial charge in [0.15, 0.2) is 0 Å². The molecule has 2 fully saturated rings. The quantitative estimate of drug-likeness (QED) is 0.754. The van der Waals surface area contributed by atoms with Gasteiger partial charge in [-0.25, -0.2) is 0 Å². The minimum Gasteiger partial charge on any atom is -0.354 e. The fourth-order valence-electron chi connectivity index (χ4n) is 2.98. The molecule has 0 bridgehead atoms. The summed E-state index contributed by atoms with van der Waals surface area (Å²) in [6.45, 7) is 9.16. The zero-order valence-electron chi connectivity index (χ0n) is 11.1. The van der Waals surface area contributed by atoms with Gasteiger partial charge in [-0.15, -0.1) is 0 Å². The van der Waals surface area contributed by atoms with Gasteiger partial charge < -0.3 is 10.6 Å². The van der Waals surface area contributed by atoms with Gasteiger partial charge in [0.1, 0.15) is 0 Å². The summed E-state index contributed by atoms with van der Waals surface area (Å²) in [5.74, 6) is 0.227. The van der Waals surface area contributed by atoms with Crippen LogP contribution in [0.1, 0.15) is 33.1 Å². The summed E-state index contributed by atoms with van der Waals surface area (Å²) in [4.78, 5) is 14.6. The van der Waals surface area contributed by atoms with Crippen molar-refractivity contribution in [3.8, 4) is 0 Å². The third kappa shape index (κ3) is 2.80. The number of nitrogens with zero attached hydrogens (tertiary/aromatic N) is 1. The Bertz CT molecular complexity index is 274. The van der Waals surface area contributed by atoms with Crippen molar-refractivity contribution in [2.75, 3.05) is 32.7 Å². The Kier molecular flexibility index (Phi) is 4.05. The molecule has 0 radical (unpaired) electrons. The first-order valence-corrected chi connectivity index (χ1v) is 6.89. The second-order valence-electron chi connectivity index (χ2n) is 5.62. The van der Waals surface area contributed by atoms with Crippen LogP contribution in [0.3, 0.4) is 0 Å². The number of amides is 1. The largest absolute Gasteiger partial charge is 0.354 e. The molecule has 0 spiro atoms. The standard InChI is InChI=1S/C13H25N3O/c1-3-16-8-4-5-11(16)9-15-12(17)13(2)6-7-14-10-13/h11,14H,3-10H2,1-2H3,(H,15,17). The summed E-state index contributed by atoms with van der Waals surface area (Å²) in [7, 11) is 0. The molecule has 17 heavy (non-hydrogen) atoms. The van der Waals surface area contributed by atoms with Gasteiger partial charge >= 0.3 is 0 Å². The Hall–Kier alpha value is -0.610. The van der Waals surface area contributed by atoms with Gasteiger partial charge in [0, 0.05) is 19.1 Å². The van der Waals surface area contributed by atoms with Crippen LogP contribution in [0.2, 0.25) is 0 Å². The number of hydrogen-bond donors (Lipinski definition) is 2. The van der Waals surface area contributed by atoms with Gasteiger partial charge in [-0.1, -0.05) is 6.92 Å². The molecule has 2 heterocycles. The Morgan fingerprint density at radius 1 is 1.59 bits per heavy atom. The molecule has 0 saturated carbocycles. The highest BCUT2D eigenvalue weighted by Crippen LogP contribution is 2.24. The Morgan fingerprint density at radius 3 is 3.06 bits per heavy atom. The number of hydrogen-bond acceptors (Lipinski definition) is 3. The summed E-state index contributed by atoms with van der Waals surface area (Å²) < 4.78 is 0. The Morgan fingerprint density at radius 2 is 2.41 bits per heavy atom. The van der Waals surface area contributed by atoms with Crippen LogP contribution in [0, 0.1) is 5.41 Å². The zero-order chi connectivity index (χ0) is 12.3. The van der Waals surface area contributed by atoms with Gasteiger partial charge in [0.2, 0.25) is 5.91 Å². The van der Waals surface area contributed by atoms with Crippen LogP contribution >= 0.6 is 0 Å². The highest BCUT2D eigenvalue weighted by Gasteiger charge is 2.36. The van der Waals surface area contributed by atoms with E-state index in [1.807, 2.05) is 0 Å². The van der Waals surface area contributed by atoms with Gasteiger partial charge in [0.05, 0.1) is 5.41 Å². The van der Waals surface area contributed by atoms with Crippen LogP contribution < -0.4 is 10.6 Å². The van der Waals surface area contributed by atoms with Gasteiger partial charge in [0.25, 0.3) is 0 Å². The van der Waals surface area contributed by atoms with E-state index in [2.05, 4.69) is 29.4 Å². The lowest BCUT2D eigenvalue weighted by molar-refractivity contribution is -0.129. The second-order valence-corrected chi connectivity index (χ2v) is 5.62. The minimum atomic E-state index is -0.185. The van der Waals surface area contributed by atoms with Crippen LogP contribution in [0.25, 0.3) is 0 Å². The van der Waals surface area contributed by atoms with E-state index >= 15 is 0 Å². The maximum atomic E-state index is 12.1. The molecule has 4 heteroatoms. The molecule has 98 valence electrons. The van der Waals surface area contributed by atoms with Crippen molar-refractivity contribution in [1.29, 1.82) is 0 Å². The van der Waals surface area contributed by atoms with Crippen molar-refractivity contribution in [3.05, 3.63) is 0 Å². The number of carbonyl (C=O) groups excluding carboxylic acids is 1. The highest BCUT2D eigenvalue weighted by atomic mass is 16.2. The number of nitrogens with one attached hydrogen (secondary N) is 2. The molecule has 2 atom stereocenters. The second kappa shape index (κ2) is 5.36. The third-order valence-corrected chi connectivity index (χ3v) is 4.32. The topological polar surface area (TPSA) is 44.4 Å². The SMILES string of the molecule is CCN1CCCC1CNC(=O)C1(C)CCNC1. The van der Waals surface area contributed by atoms with Crippen molar-refractivity contribution in [3.63, 3.8) is 0 Å². The first-order valence-electron chi connectivity index (χ1n) is 6.89. The summed E-state index contributed by atoms with van der Waals surface area (Å²) in [5, 5.41) is 6.42. The van der Waals surface area contributed by atoms with Crippen molar-refractivity contribution >= 4 is 5.91 Å². The number of likely N-dealkylation sites (tertiary alicyclic amines) is 1. The third-order valence-electron chi connectivity index (χ3n) is 4.32. The molecule has 0 aliphatic carbocycles. The van der Waals surface area contributed by atoms with E-state index in [0.717, 1.165) is 32.6 Å². The summed E-state index contributed by atoms with van der Waals surface area (Å²) >= 11 is 0. The lowest BCUT2D eigenvalue weighted by Crippen LogP contribution is -2.46. The summed E-state index contributed by atoms with van der Waals surface area (Å²) in [6, 6.07) is 0.557. The maximum absolute atomic E-state index is 12.1. The summed E-state index contributed by atoms with van der Waals surface area (Å²) in [6.07, 6.45) is 3.46. The van der Waals surface area contributed by atoms with Crippen LogP contribution in [0.4, 0.5) is 0 Å². The predicted octanol–water partition coefficient (Wildman–Crippen LogP) is 0.587. The fraction of sp³-hybridized carbons (Fsp3) is 0.923. The van der Waals surface area contributed by atoms with Crippen LogP contribution in [-0.4, -0.2) is 49.6 Å². The van der Waals surface area contributed by atoms with E-state index < -0.39 is 0 Å². The number of rotatable bonds is 4. The molecular weight excluding hydrogens is 214 g/mol. The van der Waals surface area contributed by atoms with E-state index in [1.165, 1.54) is 19.4 Å². The van der Waals surface area contributed by atoms with E-state index in [1.54, 1.807) is 0 Å². The first kappa shape index (κ1) is 12.8. The lowest BCUT2D eigenvalue weighted by Gasteiger charge is -2.26. The number of carbonyl (C=O) groups is 1. The minimum absolute atomic E-state index is 0.185. The molecule has 2 saturated heterocycles. The fourth-order valence-corrected chi connectivity index (χ4v) is 2.98. The molecule has 1 amide bonds. The average Bonchev–Trinajstić information content (AvgIpc) is 2.95. The maximum Gasteiger partial charge on any atom is 0.227 e. The van der Waals surface area contributed by atoms with Gasteiger partial charge in [-0.3, -0.25) is 9.69 Å². The summed E-state index contributed by atoms with van der Waals surface area (Å²) in [5.41, 5.74) is -0.185. The molecule has 2 unspecified atom stereocenters.